The predicted molar refractivity (Wildman–Crippen MR) is 107 cm³/mol. The summed E-state index contributed by atoms with van der Waals surface area (Å²) in [5, 5.41) is 0. The van der Waals surface area contributed by atoms with E-state index in [1.54, 1.807) is 13.8 Å². The van der Waals surface area contributed by atoms with Gasteiger partial charge in [-0.3, -0.25) is 19.4 Å². The Labute approximate surface area is 191 Å². The van der Waals surface area contributed by atoms with Crippen LogP contribution in [0.4, 0.5) is 0 Å². The van der Waals surface area contributed by atoms with E-state index in [1.165, 1.54) is 9.80 Å². The quantitative estimate of drug-likeness (QED) is 0.242. The lowest BCUT2D eigenvalue weighted by atomic mass is 10.3. The molecule has 0 aromatic rings. The van der Waals surface area contributed by atoms with Gasteiger partial charge in [0.25, 0.3) is 23.6 Å². The van der Waals surface area contributed by atoms with Crippen molar-refractivity contribution in [3.8, 4) is 0 Å². The topological polar surface area (TPSA) is 130 Å². The van der Waals surface area contributed by atoms with Crippen LogP contribution in [0.15, 0.2) is 0 Å². The first-order valence-electron chi connectivity index (χ1n) is 11.5. The van der Waals surface area contributed by atoms with Crippen LogP contribution in [0, 0.1) is 0 Å². The van der Waals surface area contributed by atoms with Crippen LogP contribution in [-0.4, -0.2) is 97.1 Å². The largest absolute Gasteiger partial charge is 0.464 e. The van der Waals surface area contributed by atoms with E-state index in [2.05, 4.69) is 0 Å². The van der Waals surface area contributed by atoms with Crippen molar-refractivity contribution in [1.29, 1.82) is 0 Å². The normalized spacial score (nSPS) is 32.9. The Kier molecular flexibility index (Phi) is 6.89. The zero-order chi connectivity index (χ0) is 23.6. The van der Waals surface area contributed by atoms with Gasteiger partial charge in [0.1, 0.15) is 0 Å². The van der Waals surface area contributed by atoms with Gasteiger partial charge in [-0.05, 0) is 33.1 Å². The van der Waals surface area contributed by atoms with E-state index in [0.29, 0.717) is 45.2 Å². The second-order valence-corrected chi connectivity index (χ2v) is 8.16. The van der Waals surface area contributed by atoms with E-state index in [-0.39, 0.29) is 26.4 Å². The third-order valence-corrected chi connectivity index (χ3v) is 6.10. The summed E-state index contributed by atoms with van der Waals surface area (Å²) in [4.78, 5) is 52.1. The molecule has 4 aliphatic rings. The first kappa shape index (κ1) is 23.9. The number of ether oxygens (including phenoxy) is 6. The Morgan fingerprint density at radius 2 is 1.27 bits per heavy atom. The lowest BCUT2D eigenvalue weighted by molar-refractivity contribution is -0.284. The minimum Gasteiger partial charge on any atom is -0.464 e. The molecule has 4 fully saturated rings. The van der Waals surface area contributed by atoms with Crippen molar-refractivity contribution >= 4 is 23.8 Å². The molecule has 0 aromatic heterocycles. The third kappa shape index (κ3) is 4.20. The average Bonchev–Trinajstić information content (AvgIpc) is 3.50. The minimum atomic E-state index is -1.31. The molecule has 0 aromatic carbocycles. The van der Waals surface area contributed by atoms with Crippen LogP contribution in [-0.2, 0) is 47.6 Å². The summed E-state index contributed by atoms with van der Waals surface area (Å²) in [6.45, 7) is 4.87. The number of esters is 2. The highest BCUT2D eigenvalue weighted by molar-refractivity contribution is 6.03. The first-order chi connectivity index (χ1) is 15.9. The maximum atomic E-state index is 12.6. The number of nitrogens with zero attached hydrogens (tertiary/aromatic N) is 2. The van der Waals surface area contributed by atoms with Gasteiger partial charge in [-0.1, -0.05) is 0 Å². The summed E-state index contributed by atoms with van der Waals surface area (Å²) in [6.07, 6.45) is 0.0737. The van der Waals surface area contributed by atoms with E-state index in [4.69, 9.17) is 28.4 Å². The highest BCUT2D eigenvalue weighted by Gasteiger charge is 2.60. The van der Waals surface area contributed by atoms with Crippen LogP contribution in [0.3, 0.4) is 0 Å². The zero-order valence-electron chi connectivity index (χ0n) is 18.9. The van der Waals surface area contributed by atoms with Gasteiger partial charge in [-0.25, -0.2) is 9.59 Å². The highest BCUT2D eigenvalue weighted by atomic mass is 16.8. The Morgan fingerprint density at radius 1 is 0.848 bits per heavy atom. The molecule has 0 bridgehead atoms. The lowest BCUT2D eigenvalue weighted by Crippen LogP contribution is -2.45. The van der Waals surface area contributed by atoms with Gasteiger partial charge in [0.05, 0.1) is 26.4 Å². The maximum absolute atomic E-state index is 12.6. The molecule has 4 rings (SSSR count). The second kappa shape index (κ2) is 9.53. The molecule has 0 aliphatic carbocycles. The highest BCUT2D eigenvalue weighted by Crippen LogP contribution is 2.41. The molecule has 4 unspecified atom stereocenters. The van der Waals surface area contributed by atoms with Gasteiger partial charge in [-0.15, -0.1) is 0 Å². The molecular weight excluding hydrogens is 440 g/mol. The monoisotopic (exact) mass is 470 g/mol. The molecule has 4 atom stereocenters. The van der Waals surface area contributed by atoms with Gasteiger partial charge in [-0.2, -0.15) is 0 Å². The van der Waals surface area contributed by atoms with E-state index in [9.17, 15) is 19.2 Å². The molecule has 184 valence electrons. The smallest absolute Gasteiger partial charge is 0.345 e. The van der Waals surface area contributed by atoms with Gasteiger partial charge in [0.15, 0.2) is 0 Å². The van der Waals surface area contributed by atoms with Crippen LogP contribution in [0.5, 0.6) is 0 Å². The zero-order valence-corrected chi connectivity index (χ0v) is 18.9. The van der Waals surface area contributed by atoms with E-state index >= 15 is 0 Å². The fourth-order valence-corrected chi connectivity index (χ4v) is 4.71. The van der Waals surface area contributed by atoms with Gasteiger partial charge in [0, 0.05) is 25.9 Å². The fourth-order valence-electron chi connectivity index (χ4n) is 4.71. The van der Waals surface area contributed by atoms with Gasteiger partial charge < -0.3 is 28.4 Å². The van der Waals surface area contributed by atoms with Crippen LogP contribution >= 0.6 is 0 Å². The molecule has 0 radical (unpaired) electrons. The summed E-state index contributed by atoms with van der Waals surface area (Å²) in [5.74, 6) is -4.90. The average molecular weight is 470 g/mol. The molecule has 4 aliphatic heterocycles. The van der Waals surface area contributed by atoms with Crippen molar-refractivity contribution in [2.75, 3.05) is 39.5 Å². The van der Waals surface area contributed by atoms with Crippen LogP contribution in [0.25, 0.3) is 0 Å². The van der Waals surface area contributed by atoms with Crippen LogP contribution in [0.2, 0.25) is 0 Å². The predicted octanol–water partition coefficient (Wildman–Crippen LogP) is -0.114. The van der Waals surface area contributed by atoms with Crippen molar-refractivity contribution in [3.05, 3.63) is 0 Å². The molecule has 12 heteroatoms. The molecule has 33 heavy (non-hydrogen) atoms. The number of hydrogen-bond acceptors (Lipinski definition) is 10. The Bertz CT molecular complexity index is 742. The Hall–Kier alpha value is -2.28. The van der Waals surface area contributed by atoms with Crippen molar-refractivity contribution in [1.82, 2.24) is 9.80 Å². The SMILES string of the molecule is CCOC(=O)C1OC2(OCCCOC34CCCN3C(=O)C(C(=O)OCC)O4)CCCN2C1=O. The van der Waals surface area contributed by atoms with E-state index in [0.717, 1.165) is 0 Å². The first-order valence-corrected chi connectivity index (χ1v) is 11.5. The number of fused-ring (bicyclic) bond motifs is 2. The number of carbonyl (C=O) groups excluding carboxylic acids is 4. The summed E-state index contributed by atoms with van der Waals surface area (Å²) in [6, 6.07) is 0. The molecule has 4 heterocycles. The Balaban J connectivity index is 1.29. The number of amides is 2. The Morgan fingerprint density at radius 3 is 1.67 bits per heavy atom. The molecular formula is C21H30N2O10. The number of carbonyl (C=O) groups is 4. The van der Waals surface area contributed by atoms with Gasteiger partial charge >= 0.3 is 11.9 Å². The molecule has 4 saturated heterocycles. The summed E-state index contributed by atoms with van der Waals surface area (Å²) < 4.78 is 33.2. The third-order valence-electron chi connectivity index (χ3n) is 6.10. The molecule has 2 amide bonds. The summed E-state index contributed by atoms with van der Waals surface area (Å²) >= 11 is 0. The van der Waals surface area contributed by atoms with Gasteiger partial charge in [0.2, 0.25) is 12.2 Å². The summed E-state index contributed by atoms with van der Waals surface area (Å²) in [7, 11) is 0. The van der Waals surface area contributed by atoms with Crippen molar-refractivity contribution in [2.24, 2.45) is 0 Å². The second-order valence-electron chi connectivity index (χ2n) is 8.16. The number of hydrogen-bond donors (Lipinski definition) is 0. The number of rotatable bonds is 10. The molecule has 0 N–H and O–H groups in total. The minimum absolute atomic E-state index is 0.150. The molecule has 12 nitrogen and oxygen atoms in total. The molecule has 0 saturated carbocycles. The van der Waals surface area contributed by atoms with Crippen molar-refractivity contribution in [3.63, 3.8) is 0 Å². The van der Waals surface area contributed by atoms with Crippen molar-refractivity contribution < 1.29 is 47.6 Å². The van der Waals surface area contributed by atoms with E-state index < -0.39 is 47.8 Å². The fraction of sp³-hybridized carbons (Fsp3) is 0.810. The van der Waals surface area contributed by atoms with Crippen molar-refractivity contribution in [2.45, 2.75) is 70.0 Å². The maximum Gasteiger partial charge on any atom is 0.345 e. The van der Waals surface area contributed by atoms with Crippen LogP contribution in [0.1, 0.15) is 46.0 Å². The lowest BCUT2D eigenvalue weighted by Gasteiger charge is -2.31. The van der Waals surface area contributed by atoms with E-state index in [1.807, 2.05) is 0 Å². The summed E-state index contributed by atoms with van der Waals surface area (Å²) in [5.41, 5.74) is 0. The molecule has 0 spiro atoms. The van der Waals surface area contributed by atoms with Crippen LogP contribution < -0.4 is 0 Å². The standard InChI is InChI=1S/C21H30N2O10/c1-3-28-18(26)14-16(24)22-10-5-8-20(22,32-14)30-12-7-13-31-21-9-6-11-23(21)17(25)15(33-21)19(27)29-4-2/h14-15H,3-13H2,1-2H3.